The van der Waals surface area contributed by atoms with Crippen LogP contribution in [-0.4, -0.2) is 0 Å². The molecule has 0 aliphatic rings. The molecule has 0 fully saturated rings. The molecule has 0 saturated carbocycles. The number of hydrogen-bond acceptors (Lipinski definition) is 1. The molecule has 2 aromatic carbocycles. The zero-order valence-corrected chi connectivity index (χ0v) is 12.3. The SMILES string of the molecule is Cc1cc(C)c(-c2c(C)cc(C#N)cc2C)c(C)c1. The number of aryl methyl sites for hydroxylation is 5. The van der Waals surface area contributed by atoms with Gasteiger partial charge in [-0.3, -0.25) is 0 Å². The van der Waals surface area contributed by atoms with Gasteiger partial charge in [-0.1, -0.05) is 17.7 Å². The lowest BCUT2D eigenvalue weighted by atomic mass is 9.87. The van der Waals surface area contributed by atoms with Crippen LogP contribution in [0.3, 0.4) is 0 Å². The standard InChI is InChI=1S/C18H19N/c1-11-6-12(2)17(13(3)7-11)18-14(4)8-16(10-19)9-15(18)5/h6-9H,1-5H3. The quantitative estimate of drug-likeness (QED) is 0.714. The van der Waals surface area contributed by atoms with Crippen molar-refractivity contribution >= 4 is 0 Å². The first-order valence-electron chi connectivity index (χ1n) is 6.53. The number of rotatable bonds is 1. The molecule has 0 amide bonds. The van der Waals surface area contributed by atoms with Gasteiger partial charge in [0.1, 0.15) is 0 Å². The van der Waals surface area contributed by atoms with Gasteiger partial charge in [-0.05, 0) is 80.1 Å². The Morgan fingerprint density at radius 1 is 0.684 bits per heavy atom. The maximum absolute atomic E-state index is 9.04. The van der Waals surface area contributed by atoms with Gasteiger partial charge in [0.05, 0.1) is 11.6 Å². The van der Waals surface area contributed by atoms with Crippen LogP contribution in [-0.2, 0) is 0 Å². The zero-order chi connectivity index (χ0) is 14.2. The fourth-order valence-corrected chi connectivity index (χ4v) is 3.00. The Hall–Kier alpha value is -2.07. The van der Waals surface area contributed by atoms with Gasteiger partial charge in [0.2, 0.25) is 0 Å². The molecule has 0 spiro atoms. The Morgan fingerprint density at radius 2 is 1.05 bits per heavy atom. The summed E-state index contributed by atoms with van der Waals surface area (Å²) in [5, 5.41) is 9.04. The van der Waals surface area contributed by atoms with Gasteiger partial charge in [0, 0.05) is 0 Å². The van der Waals surface area contributed by atoms with Crippen molar-refractivity contribution in [3.63, 3.8) is 0 Å². The summed E-state index contributed by atoms with van der Waals surface area (Å²) in [6.07, 6.45) is 0. The second-order valence-corrected chi connectivity index (χ2v) is 5.37. The molecule has 0 heterocycles. The van der Waals surface area contributed by atoms with Gasteiger partial charge in [-0.15, -0.1) is 0 Å². The predicted molar refractivity (Wildman–Crippen MR) is 80.3 cm³/mol. The van der Waals surface area contributed by atoms with E-state index < -0.39 is 0 Å². The molecule has 0 bridgehead atoms. The largest absolute Gasteiger partial charge is 0.192 e. The minimum absolute atomic E-state index is 0.737. The van der Waals surface area contributed by atoms with Crippen LogP contribution in [0.4, 0.5) is 0 Å². The Kier molecular flexibility index (Phi) is 3.44. The van der Waals surface area contributed by atoms with Crippen LogP contribution in [0, 0.1) is 45.9 Å². The van der Waals surface area contributed by atoms with E-state index >= 15 is 0 Å². The van der Waals surface area contributed by atoms with E-state index in [0.29, 0.717) is 0 Å². The van der Waals surface area contributed by atoms with Crippen molar-refractivity contribution in [1.29, 1.82) is 5.26 Å². The maximum Gasteiger partial charge on any atom is 0.0991 e. The molecule has 0 saturated heterocycles. The van der Waals surface area contributed by atoms with Crippen LogP contribution in [0.5, 0.6) is 0 Å². The van der Waals surface area contributed by atoms with Crippen molar-refractivity contribution < 1.29 is 0 Å². The highest BCUT2D eigenvalue weighted by Gasteiger charge is 2.12. The highest BCUT2D eigenvalue weighted by Crippen LogP contribution is 2.34. The van der Waals surface area contributed by atoms with E-state index in [9.17, 15) is 0 Å². The van der Waals surface area contributed by atoms with E-state index in [1.54, 1.807) is 0 Å². The van der Waals surface area contributed by atoms with Crippen LogP contribution in [0.2, 0.25) is 0 Å². The first-order chi connectivity index (χ1) is 8.93. The molecule has 96 valence electrons. The number of nitrogens with zero attached hydrogens (tertiary/aromatic N) is 1. The summed E-state index contributed by atoms with van der Waals surface area (Å²) in [7, 11) is 0. The monoisotopic (exact) mass is 249 g/mol. The fraction of sp³-hybridized carbons (Fsp3) is 0.278. The van der Waals surface area contributed by atoms with Crippen molar-refractivity contribution in [2.24, 2.45) is 0 Å². The molecule has 1 nitrogen and oxygen atoms in total. The van der Waals surface area contributed by atoms with E-state index in [1.165, 1.54) is 38.9 Å². The minimum Gasteiger partial charge on any atom is -0.192 e. The average Bonchev–Trinajstić information content (AvgIpc) is 2.31. The lowest BCUT2D eigenvalue weighted by molar-refractivity contribution is 1.28. The van der Waals surface area contributed by atoms with Gasteiger partial charge < -0.3 is 0 Å². The molecule has 0 aliphatic heterocycles. The molecular weight excluding hydrogens is 230 g/mol. The van der Waals surface area contributed by atoms with Crippen molar-refractivity contribution in [2.75, 3.05) is 0 Å². The lowest BCUT2D eigenvalue weighted by Gasteiger charge is -2.17. The molecule has 19 heavy (non-hydrogen) atoms. The second kappa shape index (κ2) is 4.90. The summed E-state index contributed by atoms with van der Waals surface area (Å²) >= 11 is 0. The van der Waals surface area contributed by atoms with Gasteiger partial charge in [0.25, 0.3) is 0 Å². The summed E-state index contributed by atoms with van der Waals surface area (Å²) in [6.45, 7) is 10.6. The first kappa shape index (κ1) is 13.4. The van der Waals surface area contributed by atoms with Crippen molar-refractivity contribution in [1.82, 2.24) is 0 Å². The van der Waals surface area contributed by atoms with E-state index in [4.69, 9.17) is 5.26 Å². The summed E-state index contributed by atoms with van der Waals surface area (Å²) < 4.78 is 0. The predicted octanol–water partition coefficient (Wildman–Crippen LogP) is 4.77. The van der Waals surface area contributed by atoms with Gasteiger partial charge in [0.15, 0.2) is 0 Å². The van der Waals surface area contributed by atoms with Crippen LogP contribution in [0.25, 0.3) is 11.1 Å². The minimum atomic E-state index is 0.737. The number of benzene rings is 2. The van der Waals surface area contributed by atoms with Crippen LogP contribution in [0.15, 0.2) is 24.3 Å². The van der Waals surface area contributed by atoms with Crippen molar-refractivity contribution in [2.45, 2.75) is 34.6 Å². The zero-order valence-electron chi connectivity index (χ0n) is 12.3. The Morgan fingerprint density at radius 3 is 1.42 bits per heavy atom. The van der Waals surface area contributed by atoms with Crippen LogP contribution >= 0.6 is 0 Å². The van der Waals surface area contributed by atoms with Crippen molar-refractivity contribution in [3.05, 3.63) is 57.6 Å². The summed E-state index contributed by atoms with van der Waals surface area (Å²) in [5.74, 6) is 0. The van der Waals surface area contributed by atoms with Crippen LogP contribution in [0.1, 0.15) is 33.4 Å². The Labute approximate surface area is 115 Å². The number of hydrogen-bond donors (Lipinski definition) is 0. The molecular formula is C18H19N. The van der Waals surface area contributed by atoms with Gasteiger partial charge in [-0.25, -0.2) is 0 Å². The van der Waals surface area contributed by atoms with E-state index in [1.807, 2.05) is 12.1 Å². The molecule has 1 heteroatoms. The highest BCUT2D eigenvalue weighted by molar-refractivity contribution is 5.77. The normalized spacial score (nSPS) is 10.3. The molecule has 2 rings (SSSR count). The van der Waals surface area contributed by atoms with E-state index in [2.05, 4.69) is 52.8 Å². The maximum atomic E-state index is 9.04. The topological polar surface area (TPSA) is 23.8 Å². The molecule has 0 N–H and O–H groups in total. The third kappa shape index (κ3) is 2.39. The average molecular weight is 249 g/mol. The Bertz CT molecular complexity index is 641. The van der Waals surface area contributed by atoms with Gasteiger partial charge >= 0.3 is 0 Å². The third-order valence-corrected chi connectivity index (χ3v) is 3.59. The first-order valence-corrected chi connectivity index (χ1v) is 6.53. The lowest BCUT2D eigenvalue weighted by Crippen LogP contribution is -1.96. The van der Waals surface area contributed by atoms with E-state index in [-0.39, 0.29) is 0 Å². The third-order valence-electron chi connectivity index (χ3n) is 3.59. The summed E-state index contributed by atoms with van der Waals surface area (Å²) in [4.78, 5) is 0. The molecule has 0 radical (unpaired) electrons. The molecule has 0 atom stereocenters. The van der Waals surface area contributed by atoms with Gasteiger partial charge in [-0.2, -0.15) is 5.26 Å². The smallest absolute Gasteiger partial charge is 0.0991 e. The molecule has 0 aliphatic carbocycles. The molecule has 0 aromatic heterocycles. The summed E-state index contributed by atoms with van der Waals surface area (Å²) in [5.41, 5.74) is 9.56. The molecule has 2 aromatic rings. The van der Waals surface area contributed by atoms with Crippen molar-refractivity contribution in [3.8, 4) is 17.2 Å². The fourth-order valence-electron chi connectivity index (χ4n) is 3.00. The van der Waals surface area contributed by atoms with Crippen LogP contribution < -0.4 is 0 Å². The second-order valence-electron chi connectivity index (χ2n) is 5.37. The summed E-state index contributed by atoms with van der Waals surface area (Å²) in [6, 6.07) is 10.6. The number of nitriles is 1. The highest BCUT2D eigenvalue weighted by atomic mass is 14.2. The Balaban J connectivity index is 2.77. The van der Waals surface area contributed by atoms with E-state index in [0.717, 1.165) is 5.56 Å². The molecule has 0 unspecified atom stereocenters.